The minimum atomic E-state index is 0.821. The summed E-state index contributed by atoms with van der Waals surface area (Å²) in [5.41, 5.74) is 0. The largest absolute Gasteiger partial charge is 0.303 e. The van der Waals surface area contributed by atoms with Crippen LogP contribution in [0.2, 0.25) is 0 Å². The summed E-state index contributed by atoms with van der Waals surface area (Å²) in [4.78, 5) is 5.44. The van der Waals surface area contributed by atoms with Gasteiger partial charge in [-0.15, -0.1) is 0 Å². The molecule has 0 aromatic heterocycles. The van der Waals surface area contributed by atoms with Crippen molar-refractivity contribution >= 4 is 0 Å². The number of hydrogen-bond acceptors (Lipinski definition) is 2. The lowest BCUT2D eigenvalue weighted by Gasteiger charge is -2.38. The van der Waals surface area contributed by atoms with Gasteiger partial charge in [-0.05, 0) is 82.0 Å². The van der Waals surface area contributed by atoms with Crippen molar-refractivity contribution in [3.63, 3.8) is 0 Å². The molecule has 0 aromatic carbocycles. The van der Waals surface area contributed by atoms with Gasteiger partial charge in [-0.1, -0.05) is 27.7 Å². The number of nitrogens with zero attached hydrogens (tertiary/aromatic N) is 2. The van der Waals surface area contributed by atoms with Gasteiger partial charge < -0.3 is 9.80 Å². The third-order valence-electron chi connectivity index (χ3n) is 5.36. The zero-order chi connectivity index (χ0) is 15.2. The molecule has 0 saturated carbocycles. The van der Waals surface area contributed by atoms with Gasteiger partial charge >= 0.3 is 0 Å². The molecule has 0 radical (unpaired) electrons. The molecule has 0 aliphatic carbocycles. The Morgan fingerprint density at radius 3 is 1.76 bits per heavy atom. The Hall–Kier alpha value is -0.0800. The van der Waals surface area contributed by atoms with E-state index in [0.717, 1.165) is 23.7 Å². The monoisotopic (exact) mass is 294 g/mol. The van der Waals surface area contributed by atoms with Crippen molar-refractivity contribution in [3.05, 3.63) is 0 Å². The molecule has 2 fully saturated rings. The van der Waals surface area contributed by atoms with Crippen LogP contribution in [0.3, 0.4) is 0 Å². The molecule has 2 heterocycles. The van der Waals surface area contributed by atoms with E-state index in [1.54, 1.807) is 0 Å². The molecule has 2 nitrogen and oxygen atoms in total. The molecular formula is C19H38N2. The first-order valence-corrected chi connectivity index (χ1v) is 9.47. The SMILES string of the molecule is CC(C)CC1CCN(CC2CCN(CC(C)C)CC2)CC1. The van der Waals surface area contributed by atoms with Crippen LogP contribution in [-0.4, -0.2) is 49.1 Å². The van der Waals surface area contributed by atoms with Gasteiger partial charge in [-0.2, -0.15) is 0 Å². The molecular weight excluding hydrogens is 256 g/mol. The van der Waals surface area contributed by atoms with Gasteiger partial charge in [0.1, 0.15) is 0 Å². The average Bonchev–Trinajstić information content (AvgIpc) is 2.42. The second-order valence-corrected chi connectivity index (χ2v) is 8.51. The van der Waals surface area contributed by atoms with Crippen molar-refractivity contribution < 1.29 is 0 Å². The second kappa shape index (κ2) is 8.53. The summed E-state index contributed by atoms with van der Waals surface area (Å²) < 4.78 is 0. The van der Waals surface area contributed by atoms with Crippen LogP contribution in [-0.2, 0) is 0 Å². The normalized spacial score (nSPS) is 24.3. The van der Waals surface area contributed by atoms with Crippen LogP contribution in [0, 0.1) is 23.7 Å². The second-order valence-electron chi connectivity index (χ2n) is 8.51. The first-order chi connectivity index (χ1) is 10.0. The zero-order valence-electron chi connectivity index (χ0n) is 15.0. The topological polar surface area (TPSA) is 6.48 Å². The van der Waals surface area contributed by atoms with E-state index in [-0.39, 0.29) is 0 Å². The van der Waals surface area contributed by atoms with Crippen LogP contribution in [0.15, 0.2) is 0 Å². The van der Waals surface area contributed by atoms with Crippen molar-refractivity contribution in [3.8, 4) is 0 Å². The van der Waals surface area contributed by atoms with Crippen molar-refractivity contribution in [1.82, 2.24) is 9.80 Å². The van der Waals surface area contributed by atoms with Crippen LogP contribution >= 0.6 is 0 Å². The Morgan fingerprint density at radius 1 is 0.714 bits per heavy atom. The zero-order valence-corrected chi connectivity index (χ0v) is 15.0. The molecule has 2 aliphatic rings. The highest BCUT2D eigenvalue weighted by molar-refractivity contribution is 4.79. The predicted molar refractivity (Wildman–Crippen MR) is 92.6 cm³/mol. The fourth-order valence-corrected chi connectivity index (χ4v) is 4.30. The molecule has 2 aliphatic heterocycles. The summed E-state index contributed by atoms with van der Waals surface area (Å²) in [6.07, 6.45) is 7.20. The molecule has 0 atom stereocenters. The molecule has 0 N–H and O–H groups in total. The van der Waals surface area contributed by atoms with Gasteiger partial charge in [0.05, 0.1) is 0 Å². The lowest BCUT2D eigenvalue weighted by Crippen LogP contribution is -2.42. The molecule has 2 rings (SSSR count). The fourth-order valence-electron chi connectivity index (χ4n) is 4.30. The van der Waals surface area contributed by atoms with Crippen LogP contribution in [0.5, 0.6) is 0 Å². The van der Waals surface area contributed by atoms with Gasteiger partial charge in [-0.25, -0.2) is 0 Å². The molecule has 2 heteroatoms. The Labute approximate surface area is 133 Å². The molecule has 0 spiro atoms. The molecule has 0 aromatic rings. The highest BCUT2D eigenvalue weighted by atomic mass is 15.2. The van der Waals surface area contributed by atoms with E-state index in [1.807, 2.05) is 0 Å². The number of hydrogen-bond donors (Lipinski definition) is 0. The molecule has 124 valence electrons. The minimum absolute atomic E-state index is 0.821. The quantitative estimate of drug-likeness (QED) is 0.727. The van der Waals surface area contributed by atoms with Gasteiger partial charge in [-0.3, -0.25) is 0 Å². The number of rotatable bonds is 6. The average molecular weight is 295 g/mol. The van der Waals surface area contributed by atoms with Crippen LogP contribution in [0.1, 0.15) is 59.8 Å². The molecule has 0 amide bonds. The van der Waals surface area contributed by atoms with Crippen molar-refractivity contribution in [1.29, 1.82) is 0 Å². The highest BCUT2D eigenvalue weighted by Crippen LogP contribution is 2.26. The first kappa shape index (κ1) is 17.3. The third-order valence-corrected chi connectivity index (χ3v) is 5.36. The maximum absolute atomic E-state index is 2.76. The highest BCUT2D eigenvalue weighted by Gasteiger charge is 2.25. The number of piperidine rings is 2. The molecule has 2 saturated heterocycles. The third kappa shape index (κ3) is 6.28. The Balaban J connectivity index is 1.61. The van der Waals surface area contributed by atoms with Crippen LogP contribution in [0.4, 0.5) is 0 Å². The van der Waals surface area contributed by atoms with E-state index in [2.05, 4.69) is 37.5 Å². The lowest BCUT2D eigenvalue weighted by atomic mass is 9.87. The summed E-state index contributed by atoms with van der Waals surface area (Å²) in [6, 6.07) is 0. The van der Waals surface area contributed by atoms with Crippen LogP contribution in [0.25, 0.3) is 0 Å². The summed E-state index contributed by atoms with van der Waals surface area (Å²) in [5.74, 6) is 3.68. The van der Waals surface area contributed by atoms with Crippen molar-refractivity contribution in [2.24, 2.45) is 23.7 Å². The van der Waals surface area contributed by atoms with Crippen molar-refractivity contribution in [2.75, 3.05) is 39.3 Å². The summed E-state index contributed by atoms with van der Waals surface area (Å²) in [5, 5.41) is 0. The maximum atomic E-state index is 2.76. The minimum Gasteiger partial charge on any atom is -0.303 e. The Morgan fingerprint density at radius 2 is 1.24 bits per heavy atom. The van der Waals surface area contributed by atoms with Gasteiger partial charge in [0.25, 0.3) is 0 Å². The van der Waals surface area contributed by atoms with Gasteiger partial charge in [0.2, 0.25) is 0 Å². The molecule has 0 unspecified atom stereocenters. The Kier molecular flexibility index (Phi) is 7.01. The fraction of sp³-hybridized carbons (Fsp3) is 1.00. The van der Waals surface area contributed by atoms with Gasteiger partial charge in [0, 0.05) is 13.1 Å². The van der Waals surface area contributed by atoms with Gasteiger partial charge in [0.15, 0.2) is 0 Å². The van der Waals surface area contributed by atoms with E-state index in [0.29, 0.717) is 0 Å². The molecule has 0 bridgehead atoms. The smallest absolute Gasteiger partial charge is 0.00106 e. The van der Waals surface area contributed by atoms with Crippen molar-refractivity contribution in [2.45, 2.75) is 59.8 Å². The lowest BCUT2D eigenvalue weighted by molar-refractivity contribution is 0.109. The van der Waals surface area contributed by atoms with E-state index in [9.17, 15) is 0 Å². The summed E-state index contributed by atoms with van der Waals surface area (Å²) in [7, 11) is 0. The number of likely N-dealkylation sites (tertiary alicyclic amines) is 2. The molecule has 21 heavy (non-hydrogen) atoms. The van der Waals surface area contributed by atoms with E-state index in [4.69, 9.17) is 0 Å². The summed E-state index contributed by atoms with van der Waals surface area (Å²) >= 11 is 0. The van der Waals surface area contributed by atoms with Crippen LogP contribution < -0.4 is 0 Å². The van der Waals surface area contributed by atoms with E-state index in [1.165, 1.54) is 71.4 Å². The Bertz CT molecular complexity index is 243. The van der Waals surface area contributed by atoms with E-state index >= 15 is 0 Å². The summed E-state index contributed by atoms with van der Waals surface area (Å²) in [6.45, 7) is 17.5. The maximum Gasteiger partial charge on any atom is 0.00106 e. The first-order valence-electron chi connectivity index (χ1n) is 9.47. The standard InChI is InChI=1S/C19H38N2/c1-16(2)13-18-5-9-21(10-6-18)15-19-7-11-20(12-8-19)14-17(3)4/h16-19H,5-15H2,1-4H3. The predicted octanol–water partition coefficient (Wildman–Crippen LogP) is 4.11. The van der Waals surface area contributed by atoms with E-state index < -0.39 is 0 Å².